The molecule has 0 saturated heterocycles. The molecule has 0 aliphatic heterocycles. The summed E-state index contributed by atoms with van der Waals surface area (Å²) >= 11 is 2.97. The van der Waals surface area contributed by atoms with Crippen LogP contribution < -0.4 is 4.74 Å². The Kier molecular flexibility index (Phi) is 4.46. The molecule has 0 heterocycles. The Hall–Kier alpha value is -2.09. The molecule has 0 atom stereocenters. The number of benzene rings is 2. The standard InChI is InChI=1S/C13H7BrF3NO3/c14-8-4-9(15)13(17)11(5-8)21-6-7-2-1-3-10(12(7)16)18(19)20/h1-5H,6H2. The first-order valence-corrected chi connectivity index (χ1v) is 6.38. The van der Waals surface area contributed by atoms with Gasteiger partial charge in [-0.2, -0.15) is 8.78 Å². The van der Waals surface area contributed by atoms with E-state index in [1.54, 1.807) is 0 Å². The van der Waals surface area contributed by atoms with Gasteiger partial charge in [-0.05, 0) is 12.1 Å². The minimum atomic E-state index is -1.22. The summed E-state index contributed by atoms with van der Waals surface area (Å²) in [5.41, 5.74) is -0.846. The van der Waals surface area contributed by atoms with Crippen LogP contribution in [0.1, 0.15) is 5.56 Å². The van der Waals surface area contributed by atoms with Crippen LogP contribution in [-0.2, 0) is 6.61 Å². The highest BCUT2D eigenvalue weighted by molar-refractivity contribution is 9.10. The molecule has 0 unspecified atom stereocenters. The normalized spacial score (nSPS) is 10.5. The van der Waals surface area contributed by atoms with Gasteiger partial charge in [0.05, 0.1) is 4.92 Å². The fourth-order valence-electron chi connectivity index (χ4n) is 1.61. The fourth-order valence-corrected chi connectivity index (χ4v) is 2.02. The second-order valence-electron chi connectivity index (χ2n) is 4.00. The smallest absolute Gasteiger partial charge is 0.305 e. The van der Waals surface area contributed by atoms with E-state index in [2.05, 4.69) is 15.9 Å². The van der Waals surface area contributed by atoms with E-state index in [-0.39, 0.29) is 10.0 Å². The summed E-state index contributed by atoms with van der Waals surface area (Å²) in [6, 6.07) is 5.62. The van der Waals surface area contributed by atoms with Crippen LogP contribution in [0.25, 0.3) is 0 Å². The third-order valence-electron chi connectivity index (χ3n) is 2.60. The molecule has 0 saturated carbocycles. The SMILES string of the molecule is O=[N+]([O-])c1cccc(COc2cc(Br)cc(F)c2F)c1F. The zero-order valence-corrected chi connectivity index (χ0v) is 11.9. The van der Waals surface area contributed by atoms with Gasteiger partial charge in [0.25, 0.3) is 0 Å². The third kappa shape index (κ3) is 3.33. The largest absolute Gasteiger partial charge is 0.486 e. The summed E-state index contributed by atoms with van der Waals surface area (Å²) < 4.78 is 45.7. The molecule has 0 N–H and O–H groups in total. The van der Waals surface area contributed by atoms with E-state index >= 15 is 0 Å². The first kappa shape index (κ1) is 15.3. The summed E-state index contributed by atoms with van der Waals surface area (Å²) in [6.45, 7) is -0.472. The number of hydrogen-bond acceptors (Lipinski definition) is 3. The van der Waals surface area contributed by atoms with Gasteiger partial charge in [-0.25, -0.2) is 4.39 Å². The van der Waals surface area contributed by atoms with E-state index in [9.17, 15) is 23.3 Å². The van der Waals surface area contributed by atoms with Gasteiger partial charge in [0.2, 0.25) is 11.6 Å². The van der Waals surface area contributed by atoms with Crippen LogP contribution in [-0.4, -0.2) is 4.92 Å². The van der Waals surface area contributed by atoms with E-state index < -0.39 is 40.4 Å². The Morgan fingerprint density at radius 3 is 2.57 bits per heavy atom. The van der Waals surface area contributed by atoms with Gasteiger partial charge in [0.1, 0.15) is 6.61 Å². The van der Waals surface area contributed by atoms with E-state index in [0.29, 0.717) is 0 Å². The van der Waals surface area contributed by atoms with Gasteiger partial charge in [0.15, 0.2) is 11.6 Å². The number of nitro groups is 1. The molecule has 2 aromatic carbocycles. The van der Waals surface area contributed by atoms with Gasteiger partial charge < -0.3 is 4.74 Å². The minimum absolute atomic E-state index is 0.135. The van der Waals surface area contributed by atoms with Crippen molar-refractivity contribution in [1.82, 2.24) is 0 Å². The quantitative estimate of drug-likeness (QED) is 0.462. The highest BCUT2D eigenvalue weighted by Crippen LogP contribution is 2.27. The molecule has 0 aliphatic rings. The summed E-state index contributed by atoms with van der Waals surface area (Å²) in [5, 5.41) is 10.6. The number of nitro benzene ring substituents is 1. The monoisotopic (exact) mass is 361 g/mol. The molecule has 0 spiro atoms. The Bertz CT molecular complexity index is 709. The lowest BCUT2D eigenvalue weighted by Gasteiger charge is -2.09. The van der Waals surface area contributed by atoms with Crippen molar-refractivity contribution in [3.05, 3.63) is 67.9 Å². The molecule has 0 bridgehead atoms. The highest BCUT2D eigenvalue weighted by atomic mass is 79.9. The fraction of sp³-hybridized carbons (Fsp3) is 0.0769. The van der Waals surface area contributed by atoms with Gasteiger partial charge >= 0.3 is 5.69 Å². The van der Waals surface area contributed by atoms with Crippen molar-refractivity contribution in [3.8, 4) is 5.75 Å². The average molecular weight is 362 g/mol. The molecule has 0 aromatic heterocycles. The minimum Gasteiger partial charge on any atom is -0.486 e. The number of hydrogen-bond donors (Lipinski definition) is 0. The van der Waals surface area contributed by atoms with Crippen LogP contribution in [0.5, 0.6) is 5.75 Å². The molecule has 0 amide bonds. The number of halogens is 4. The maximum Gasteiger partial charge on any atom is 0.305 e. The molecule has 0 fully saturated rings. The third-order valence-corrected chi connectivity index (χ3v) is 3.06. The lowest BCUT2D eigenvalue weighted by molar-refractivity contribution is -0.387. The summed E-state index contributed by atoms with van der Waals surface area (Å²) in [6.07, 6.45) is 0. The van der Waals surface area contributed by atoms with Crippen LogP contribution >= 0.6 is 15.9 Å². The summed E-state index contributed by atoms with van der Waals surface area (Å²) in [5.74, 6) is -3.84. The van der Waals surface area contributed by atoms with Gasteiger partial charge in [-0.1, -0.05) is 28.1 Å². The number of nitrogens with zero attached hydrogens (tertiary/aromatic N) is 1. The Balaban J connectivity index is 2.25. The van der Waals surface area contributed by atoms with Crippen molar-refractivity contribution in [2.75, 3.05) is 0 Å². The van der Waals surface area contributed by atoms with Crippen LogP contribution in [0.3, 0.4) is 0 Å². The molecule has 4 nitrogen and oxygen atoms in total. The van der Waals surface area contributed by atoms with Gasteiger partial charge in [-0.15, -0.1) is 0 Å². The molecule has 0 aliphatic carbocycles. The molecule has 2 aromatic rings. The highest BCUT2D eigenvalue weighted by Gasteiger charge is 2.18. The van der Waals surface area contributed by atoms with E-state index in [0.717, 1.165) is 12.1 Å². The number of rotatable bonds is 4. The lowest BCUT2D eigenvalue weighted by Crippen LogP contribution is -2.03. The summed E-state index contributed by atoms with van der Waals surface area (Å²) in [7, 11) is 0. The molecule has 2 rings (SSSR count). The van der Waals surface area contributed by atoms with Crippen molar-refractivity contribution in [2.45, 2.75) is 6.61 Å². The Morgan fingerprint density at radius 1 is 1.19 bits per heavy atom. The molecule has 8 heteroatoms. The second kappa shape index (κ2) is 6.13. The molecule has 21 heavy (non-hydrogen) atoms. The van der Waals surface area contributed by atoms with Crippen molar-refractivity contribution in [3.63, 3.8) is 0 Å². The number of ether oxygens (including phenoxy) is 1. The molecule has 0 radical (unpaired) electrons. The summed E-state index contributed by atoms with van der Waals surface area (Å²) in [4.78, 5) is 9.72. The lowest BCUT2D eigenvalue weighted by atomic mass is 10.2. The zero-order chi connectivity index (χ0) is 15.6. The maximum absolute atomic E-state index is 13.8. The predicted molar refractivity (Wildman–Crippen MR) is 71.4 cm³/mol. The maximum atomic E-state index is 13.8. The van der Waals surface area contributed by atoms with Gasteiger partial charge in [0, 0.05) is 16.1 Å². The average Bonchev–Trinajstić information content (AvgIpc) is 2.42. The van der Waals surface area contributed by atoms with Crippen LogP contribution in [0.15, 0.2) is 34.8 Å². The van der Waals surface area contributed by atoms with E-state index in [4.69, 9.17) is 4.74 Å². The Labute approximate surface area is 125 Å². The Morgan fingerprint density at radius 2 is 1.90 bits per heavy atom. The predicted octanol–water partition coefficient (Wildman–Crippen LogP) is 4.35. The van der Waals surface area contributed by atoms with Crippen molar-refractivity contribution < 1.29 is 22.8 Å². The van der Waals surface area contributed by atoms with Crippen molar-refractivity contribution in [1.29, 1.82) is 0 Å². The van der Waals surface area contributed by atoms with E-state index in [1.165, 1.54) is 18.2 Å². The van der Waals surface area contributed by atoms with Crippen molar-refractivity contribution >= 4 is 21.6 Å². The van der Waals surface area contributed by atoms with Crippen molar-refractivity contribution in [2.24, 2.45) is 0 Å². The van der Waals surface area contributed by atoms with Crippen LogP contribution in [0.4, 0.5) is 18.9 Å². The second-order valence-corrected chi connectivity index (χ2v) is 4.91. The molecular weight excluding hydrogens is 355 g/mol. The van der Waals surface area contributed by atoms with E-state index in [1.807, 2.05) is 0 Å². The first-order chi connectivity index (χ1) is 9.90. The van der Waals surface area contributed by atoms with Crippen LogP contribution in [0.2, 0.25) is 0 Å². The topological polar surface area (TPSA) is 52.4 Å². The molecule has 110 valence electrons. The molecular formula is C13H7BrF3NO3. The first-order valence-electron chi connectivity index (χ1n) is 5.59. The van der Waals surface area contributed by atoms with Crippen LogP contribution in [0, 0.1) is 27.6 Å². The zero-order valence-electron chi connectivity index (χ0n) is 10.3. The van der Waals surface area contributed by atoms with Gasteiger partial charge in [-0.3, -0.25) is 10.1 Å².